The third-order valence-electron chi connectivity index (χ3n) is 2.56. The molecule has 1 N–H and O–H groups in total. The molecule has 0 bridgehead atoms. The lowest BCUT2D eigenvalue weighted by molar-refractivity contribution is 0.628. The second-order valence-electron chi connectivity index (χ2n) is 4.09. The summed E-state index contributed by atoms with van der Waals surface area (Å²) in [6.45, 7) is 2.62. The predicted molar refractivity (Wildman–Crippen MR) is 74.9 cm³/mol. The Morgan fingerprint density at radius 1 is 1.11 bits per heavy atom. The number of anilines is 1. The standard InChI is InChI=1S/C14H12Cl2FN/c1-9-3-2-4-10(5-9)8-18-14-12(15)6-11(17)7-13(14)16/h2-7,18H,8H2,1H3. The molecule has 94 valence electrons. The van der Waals surface area contributed by atoms with Crippen LogP contribution in [0.5, 0.6) is 0 Å². The van der Waals surface area contributed by atoms with Gasteiger partial charge in [0.1, 0.15) is 5.82 Å². The van der Waals surface area contributed by atoms with Crippen LogP contribution in [0.15, 0.2) is 36.4 Å². The van der Waals surface area contributed by atoms with Crippen molar-refractivity contribution in [1.82, 2.24) is 0 Å². The summed E-state index contributed by atoms with van der Waals surface area (Å²) in [5.41, 5.74) is 2.86. The quantitative estimate of drug-likeness (QED) is 0.831. The summed E-state index contributed by atoms with van der Waals surface area (Å²) < 4.78 is 13.0. The summed E-state index contributed by atoms with van der Waals surface area (Å²) in [6, 6.07) is 10.6. The largest absolute Gasteiger partial charge is 0.379 e. The molecule has 0 unspecified atom stereocenters. The van der Waals surface area contributed by atoms with Crippen LogP contribution in [0.4, 0.5) is 10.1 Å². The highest BCUT2D eigenvalue weighted by molar-refractivity contribution is 6.39. The normalized spacial score (nSPS) is 10.4. The molecule has 0 aliphatic heterocycles. The van der Waals surface area contributed by atoms with Crippen LogP contribution in [0.1, 0.15) is 11.1 Å². The molecule has 0 radical (unpaired) electrons. The number of hydrogen-bond acceptors (Lipinski definition) is 1. The van der Waals surface area contributed by atoms with E-state index in [0.29, 0.717) is 12.2 Å². The minimum absolute atomic E-state index is 0.285. The molecule has 18 heavy (non-hydrogen) atoms. The molecule has 2 aromatic carbocycles. The van der Waals surface area contributed by atoms with Gasteiger partial charge < -0.3 is 5.32 Å². The molecule has 0 fully saturated rings. The maximum Gasteiger partial charge on any atom is 0.126 e. The maximum atomic E-state index is 13.0. The topological polar surface area (TPSA) is 12.0 Å². The van der Waals surface area contributed by atoms with Gasteiger partial charge in [0.25, 0.3) is 0 Å². The van der Waals surface area contributed by atoms with Gasteiger partial charge in [-0.1, -0.05) is 53.0 Å². The van der Waals surface area contributed by atoms with Crippen molar-refractivity contribution in [2.24, 2.45) is 0 Å². The van der Waals surface area contributed by atoms with E-state index in [4.69, 9.17) is 23.2 Å². The molecule has 0 aliphatic carbocycles. The molecule has 0 amide bonds. The minimum atomic E-state index is -0.439. The van der Waals surface area contributed by atoms with Gasteiger partial charge in [-0.25, -0.2) is 4.39 Å². The van der Waals surface area contributed by atoms with Crippen LogP contribution in [0.25, 0.3) is 0 Å². The van der Waals surface area contributed by atoms with E-state index < -0.39 is 5.82 Å². The van der Waals surface area contributed by atoms with E-state index in [9.17, 15) is 4.39 Å². The SMILES string of the molecule is Cc1cccc(CNc2c(Cl)cc(F)cc2Cl)c1. The molecule has 0 saturated heterocycles. The number of aryl methyl sites for hydroxylation is 1. The molecule has 0 spiro atoms. The summed E-state index contributed by atoms with van der Waals surface area (Å²) in [5, 5.41) is 3.69. The highest BCUT2D eigenvalue weighted by Crippen LogP contribution is 2.31. The Kier molecular flexibility index (Phi) is 4.10. The first kappa shape index (κ1) is 13.2. The average Bonchev–Trinajstić information content (AvgIpc) is 2.27. The first-order chi connectivity index (χ1) is 8.56. The van der Waals surface area contributed by atoms with Gasteiger partial charge in [-0.2, -0.15) is 0 Å². The van der Waals surface area contributed by atoms with Crippen molar-refractivity contribution in [2.45, 2.75) is 13.5 Å². The highest BCUT2D eigenvalue weighted by atomic mass is 35.5. The molecule has 0 aliphatic rings. The number of nitrogens with one attached hydrogen (secondary N) is 1. The molecule has 4 heteroatoms. The van der Waals surface area contributed by atoms with Crippen LogP contribution >= 0.6 is 23.2 Å². The van der Waals surface area contributed by atoms with Crippen molar-refractivity contribution in [3.63, 3.8) is 0 Å². The molecular weight excluding hydrogens is 272 g/mol. The van der Waals surface area contributed by atoms with E-state index >= 15 is 0 Å². The summed E-state index contributed by atoms with van der Waals surface area (Å²) in [6.07, 6.45) is 0. The monoisotopic (exact) mass is 283 g/mol. The third-order valence-corrected chi connectivity index (χ3v) is 3.15. The van der Waals surface area contributed by atoms with Gasteiger partial charge in [0.05, 0.1) is 15.7 Å². The van der Waals surface area contributed by atoms with Gasteiger partial charge in [-0.3, -0.25) is 0 Å². The van der Waals surface area contributed by atoms with Gasteiger partial charge in [0, 0.05) is 6.54 Å². The van der Waals surface area contributed by atoms with Gasteiger partial charge in [0.2, 0.25) is 0 Å². The Bertz CT molecular complexity index is 546. The van der Waals surface area contributed by atoms with Crippen LogP contribution in [-0.4, -0.2) is 0 Å². The fourth-order valence-corrected chi connectivity index (χ4v) is 2.32. The van der Waals surface area contributed by atoms with Crippen LogP contribution in [0, 0.1) is 12.7 Å². The lowest BCUT2D eigenvalue weighted by Crippen LogP contribution is -2.01. The van der Waals surface area contributed by atoms with E-state index in [1.807, 2.05) is 25.1 Å². The fourth-order valence-electron chi connectivity index (χ4n) is 1.72. The number of rotatable bonds is 3. The second kappa shape index (κ2) is 5.59. The number of benzene rings is 2. The van der Waals surface area contributed by atoms with E-state index in [0.717, 1.165) is 5.56 Å². The Morgan fingerprint density at radius 3 is 2.39 bits per heavy atom. The molecule has 2 rings (SSSR count). The lowest BCUT2D eigenvalue weighted by atomic mass is 10.1. The zero-order valence-electron chi connectivity index (χ0n) is 9.81. The molecule has 0 aromatic heterocycles. The number of halogens is 3. The number of hydrogen-bond donors (Lipinski definition) is 1. The van der Waals surface area contributed by atoms with Gasteiger partial charge >= 0.3 is 0 Å². The van der Waals surface area contributed by atoms with Crippen molar-refractivity contribution in [1.29, 1.82) is 0 Å². The highest BCUT2D eigenvalue weighted by Gasteiger charge is 2.08. The van der Waals surface area contributed by atoms with Crippen LogP contribution in [-0.2, 0) is 6.54 Å². The summed E-state index contributed by atoms with van der Waals surface area (Å²) in [7, 11) is 0. The maximum absolute atomic E-state index is 13.0. The second-order valence-corrected chi connectivity index (χ2v) is 4.90. The summed E-state index contributed by atoms with van der Waals surface area (Å²) in [4.78, 5) is 0. The van der Waals surface area contributed by atoms with E-state index in [1.165, 1.54) is 17.7 Å². The van der Waals surface area contributed by atoms with Crippen molar-refractivity contribution in [3.05, 3.63) is 63.4 Å². The van der Waals surface area contributed by atoms with Crippen molar-refractivity contribution in [3.8, 4) is 0 Å². The zero-order valence-corrected chi connectivity index (χ0v) is 11.3. The van der Waals surface area contributed by atoms with Crippen molar-refractivity contribution < 1.29 is 4.39 Å². The molecule has 0 saturated carbocycles. The average molecular weight is 284 g/mol. The Labute approximate surface area is 116 Å². The predicted octanol–water partition coefficient (Wildman–Crippen LogP) is 5.05. The molecular formula is C14H12Cl2FN. The van der Waals surface area contributed by atoms with Gasteiger partial charge in [-0.05, 0) is 24.6 Å². The smallest absolute Gasteiger partial charge is 0.126 e. The van der Waals surface area contributed by atoms with Crippen LogP contribution in [0.2, 0.25) is 10.0 Å². The first-order valence-corrected chi connectivity index (χ1v) is 6.26. The van der Waals surface area contributed by atoms with Crippen molar-refractivity contribution in [2.75, 3.05) is 5.32 Å². The van der Waals surface area contributed by atoms with Crippen LogP contribution < -0.4 is 5.32 Å². The summed E-state index contributed by atoms with van der Waals surface area (Å²) >= 11 is 11.9. The minimum Gasteiger partial charge on any atom is -0.379 e. The van der Waals surface area contributed by atoms with E-state index in [2.05, 4.69) is 11.4 Å². The molecule has 2 aromatic rings. The summed E-state index contributed by atoms with van der Waals surface area (Å²) in [5.74, 6) is -0.439. The Hall–Kier alpha value is -1.25. The Balaban J connectivity index is 2.16. The van der Waals surface area contributed by atoms with Gasteiger partial charge in [0.15, 0.2) is 0 Å². The lowest BCUT2D eigenvalue weighted by Gasteiger charge is -2.11. The van der Waals surface area contributed by atoms with Crippen molar-refractivity contribution >= 4 is 28.9 Å². The third kappa shape index (κ3) is 3.15. The van der Waals surface area contributed by atoms with E-state index in [1.54, 1.807) is 0 Å². The van der Waals surface area contributed by atoms with E-state index in [-0.39, 0.29) is 10.0 Å². The Morgan fingerprint density at radius 2 is 1.78 bits per heavy atom. The molecule has 1 nitrogen and oxygen atoms in total. The molecule has 0 atom stereocenters. The van der Waals surface area contributed by atoms with Crippen LogP contribution in [0.3, 0.4) is 0 Å². The zero-order chi connectivity index (χ0) is 13.1. The first-order valence-electron chi connectivity index (χ1n) is 5.50. The van der Waals surface area contributed by atoms with Gasteiger partial charge in [-0.15, -0.1) is 0 Å². The molecule has 0 heterocycles. The fraction of sp³-hybridized carbons (Fsp3) is 0.143.